The van der Waals surface area contributed by atoms with Crippen LogP contribution in [0.3, 0.4) is 0 Å². The predicted molar refractivity (Wildman–Crippen MR) is 41.2 cm³/mol. The van der Waals surface area contributed by atoms with Gasteiger partial charge in [-0.2, -0.15) is 13.1 Å². The molecule has 0 saturated carbocycles. The van der Waals surface area contributed by atoms with Gasteiger partial charge in [-0.1, -0.05) is 0 Å². The van der Waals surface area contributed by atoms with Gasteiger partial charge in [0.2, 0.25) is 0 Å². The molecule has 0 fully saturated rings. The zero-order valence-corrected chi connectivity index (χ0v) is 7.26. The maximum Gasteiger partial charge on any atom is 0.274 e. The molecule has 0 unspecified atom stereocenters. The minimum Gasteiger partial charge on any atom is -0.445 e. The maximum atomic E-state index is 10.4. The van der Waals surface area contributed by atoms with Crippen molar-refractivity contribution in [3.63, 3.8) is 0 Å². The number of nitrogens with one attached hydrogen (secondary N) is 1. The summed E-state index contributed by atoms with van der Waals surface area (Å²) >= 11 is 0. The summed E-state index contributed by atoms with van der Waals surface area (Å²) in [7, 11) is -3.65. The van der Waals surface area contributed by atoms with Crippen LogP contribution in [-0.4, -0.2) is 13.4 Å². The fourth-order valence-corrected chi connectivity index (χ4v) is 1.00. The standard InChI is InChI=1S/C5H9N3O3S/c1-4-7-2-5(11-4)3-8-12(6,9)10/h2,8H,3H2,1H3,(H2,6,9,10). The van der Waals surface area contributed by atoms with Crippen molar-refractivity contribution >= 4 is 10.2 Å². The lowest BCUT2D eigenvalue weighted by molar-refractivity contribution is 0.468. The summed E-state index contributed by atoms with van der Waals surface area (Å²) in [6.45, 7) is 1.69. The summed E-state index contributed by atoms with van der Waals surface area (Å²) in [4.78, 5) is 3.77. The number of nitrogens with two attached hydrogens (primary N) is 1. The molecule has 1 heterocycles. The molecule has 0 aromatic carbocycles. The smallest absolute Gasteiger partial charge is 0.274 e. The highest BCUT2D eigenvalue weighted by atomic mass is 32.2. The summed E-state index contributed by atoms with van der Waals surface area (Å²) in [5.41, 5.74) is 0. The average Bonchev–Trinajstić information content (AvgIpc) is 2.30. The van der Waals surface area contributed by atoms with Crippen molar-refractivity contribution in [2.24, 2.45) is 5.14 Å². The van der Waals surface area contributed by atoms with Crippen molar-refractivity contribution in [3.05, 3.63) is 17.8 Å². The molecule has 0 radical (unpaired) electrons. The molecular weight excluding hydrogens is 182 g/mol. The summed E-state index contributed by atoms with van der Waals surface area (Å²) in [6, 6.07) is 0. The van der Waals surface area contributed by atoms with E-state index in [2.05, 4.69) is 14.8 Å². The van der Waals surface area contributed by atoms with Crippen LogP contribution in [0.4, 0.5) is 0 Å². The van der Waals surface area contributed by atoms with Crippen LogP contribution < -0.4 is 9.86 Å². The van der Waals surface area contributed by atoms with E-state index in [-0.39, 0.29) is 6.54 Å². The van der Waals surface area contributed by atoms with Gasteiger partial charge < -0.3 is 4.42 Å². The van der Waals surface area contributed by atoms with Crippen LogP contribution >= 0.6 is 0 Å². The van der Waals surface area contributed by atoms with E-state index in [1.807, 2.05) is 0 Å². The predicted octanol–water partition coefficient (Wildman–Crippen LogP) is -0.724. The highest BCUT2D eigenvalue weighted by molar-refractivity contribution is 7.87. The van der Waals surface area contributed by atoms with Gasteiger partial charge in [0.15, 0.2) is 5.89 Å². The molecule has 0 aliphatic carbocycles. The Morgan fingerprint density at radius 2 is 2.42 bits per heavy atom. The number of hydrogen-bond donors (Lipinski definition) is 2. The Bertz CT molecular complexity index is 356. The van der Waals surface area contributed by atoms with Crippen LogP contribution in [0.2, 0.25) is 0 Å². The van der Waals surface area contributed by atoms with E-state index >= 15 is 0 Å². The van der Waals surface area contributed by atoms with Crippen LogP contribution in [0.1, 0.15) is 11.7 Å². The Morgan fingerprint density at radius 1 is 1.75 bits per heavy atom. The zero-order valence-electron chi connectivity index (χ0n) is 6.44. The van der Waals surface area contributed by atoms with Crippen molar-refractivity contribution in [2.75, 3.05) is 0 Å². The minimum absolute atomic E-state index is 0.0275. The van der Waals surface area contributed by atoms with Gasteiger partial charge in [0.1, 0.15) is 5.76 Å². The number of aromatic nitrogens is 1. The molecule has 0 spiro atoms. The van der Waals surface area contributed by atoms with E-state index in [0.29, 0.717) is 11.7 Å². The van der Waals surface area contributed by atoms with Gasteiger partial charge in [-0.25, -0.2) is 10.1 Å². The Kier molecular flexibility index (Phi) is 2.46. The lowest BCUT2D eigenvalue weighted by atomic mass is 10.5. The van der Waals surface area contributed by atoms with Crippen molar-refractivity contribution in [1.29, 1.82) is 0 Å². The first kappa shape index (κ1) is 9.17. The molecule has 0 saturated heterocycles. The fraction of sp³-hybridized carbons (Fsp3) is 0.400. The average molecular weight is 191 g/mol. The van der Waals surface area contributed by atoms with E-state index in [9.17, 15) is 8.42 Å². The van der Waals surface area contributed by atoms with E-state index in [1.54, 1.807) is 6.92 Å². The normalized spacial score (nSPS) is 11.8. The second-order valence-electron chi connectivity index (χ2n) is 2.21. The molecule has 0 aliphatic rings. The summed E-state index contributed by atoms with van der Waals surface area (Å²) in [5, 5.41) is 4.69. The molecule has 68 valence electrons. The quantitative estimate of drug-likeness (QED) is 0.658. The lowest BCUT2D eigenvalue weighted by Crippen LogP contribution is -2.30. The van der Waals surface area contributed by atoms with Crippen LogP contribution in [0.15, 0.2) is 10.6 Å². The number of hydrogen-bond acceptors (Lipinski definition) is 4. The SMILES string of the molecule is Cc1ncc(CNS(N)(=O)=O)o1. The molecule has 12 heavy (non-hydrogen) atoms. The monoisotopic (exact) mass is 191 g/mol. The van der Waals surface area contributed by atoms with Crippen molar-refractivity contribution in [2.45, 2.75) is 13.5 Å². The van der Waals surface area contributed by atoms with Gasteiger partial charge in [-0.05, 0) is 0 Å². The second kappa shape index (κ2) is 3.21. The zero-order chi connectivity index (χ0) is 9.19. The third-order valence-electron chi connectivity index (χ3n) is 1.12. The lowest BCUT2D eigenvalue weighted by Gasteiger charge is -1.96. The molecule has 7 heteroatoms. The third-order valence-corrected chi connectivity index (χ3v) is 1.66. The van der Waals surface area contributed by atoms with Gasteiger partial charge >= 0.3 is 0 Å². The van der Waals surface area contributed by atoms with Crippen molar-refractivity contribution < 1.29 is 12.8 Å². The molecule has 3 N–H and O–H groups in total. The van der Waals surface area contributed by atoms with Gasteiger partial charge in [0.25, 0.3) is 10.2 Å². The summed E-state index contributed by atoms with van der Waals surface area (Å²) < 4.78 is 27.9. The number of nitrogens with zero attached hydrogens (tertiary/aromatic N) is 1. The Morgan fingerprint density at radius 3 is 2.83 bits per heavy atom. The number of rotatable bonds is 3. The highest BCUT2D eigenvalue weighted by Crippen LogP contribution is 2.00. The second-order valence-corrected chi connectivity index (χ2v) is 3.59. The summed E-state index contributed by atoms with van der Waals surface area (Å²) in [5.74, 6) is 0.919. The molecular formula is C5H9N3O3S. The maximum absolute atomic E-state index is 10.4. The van der Waals surface area contributed by atoms with E-state index < -0.39 is 10.2 Å². The molecule has 6 nitrogen and oxygen atoms in total. The molecule has 1 rings (SSSR count). The first-order chi connectivity index (χ1) is 5.47. The number of oxazole rings is 1. The van der Waals surface area contributed by atoms with Crippen LogP contribution in [0, 0.1) is 6.92 Å². The van der Waals surface area contributed by atoms with Gasteiger partial charge in [-0.3, -0.25) is 0 Å². The molecule has 0 aliphatic heterocycles. The van der Waals surface area contributed by atoms with Gasteiger partial charge in [-0.15, -0.1) is 0 Å². The van der Waals surface area contributed by atoms with Crippen LogP contribution in [0.25, 0.3) is 0 Å². The highest BCUT2D eigenvalue weighted by Gasteiger charge is 2.04. The molecule has 0 atom stereocenters. The van der Waals surface area contributed by atoms with Crippen molar-refractivity contribution in [3.8, 4) is 0 Å². The Hall–Kier alpha value is -0.920. The Labute approximate surface area is 70.0 Å². The molecule has 0 amide bonds. The molecule has 1 aromatic heterocycles. The first-order valence-corrected chi connectivity index (χ1v) is 4.71. The summed E-state index contributed by atoms with van der Waals surface area (Å²) in [6.07, 6.45) is 1.44. The Balaban J connectivity index is 2.55. The molecule has 0 bridgehead atoms. The first-order valence-electron chi connectivity index (χ1n) is 3.16. The molecule has 1 aromatic rings. The number of aryl methyl sites for hydroxylation is 1. The van der Waals surface area contributed by atoms with Gasteiger partial charge in [0, 0.05) is 6.92 Å². The largest absolute Gasteiger partial charge is 0.445 e. The topological polar surface area (TPSA) is 98.2 Å². The minimum atomic E-state index is -3.65. The van der Waals surface area contributed by atoms with Crippen LogP contribution in [0.5, 0.6) is 0 Å². The van der Waals surface area contributed by atoms with E-state index in [0.717, 1.165) is 0 Å². The van der Waals surface area contributed by atoms with Crippen LogP contribution in [-0.2, 0) is 16.8 Å². The van der Waals surface area contributed by atoms with E-state index in [1.165, 1.54) is 6.20 Å². The van der Waals surface area contributed by atoms with Gasteiger partial charge in [0.05, 0.1) is 12.7 Å². The van der Waals surface area contributed by atoms with E-state index in [4.69, 9.17) is 4.42 Å². The fourth-order valence-electron chi connectivity index (χ4n) is 0.659. The van der Waals surface area contributed by atoms with Crippen molar-refractivity contribution in [1.82, 2.24) is 9.71 Å². The third kappa shape index (κ3) is 2.99.